The van der Waals surface area contributed by atoms with Crippen molar-refractivity contribution in [1.82, 2.24) is 0 Å². The smallest absolute Gasteiger partial charge is 0.202 e. The van der Waals surface area contributed by atoms with E-state index in [1.54, 1.807) is 13.2 Å². The van der Waals surface area contributed by atoms with Gasteiger partial charge >= 0.3 is 0 Å². The Morgan fingerprint density at radius 3 is 2.78 bits per heavy atom. The number of rotatable bonds is 4. The predicted molar refractivity (Wildman–Crippen MR) is 72.2 cm³/mol. The van der Waals surface area contributed by atoms with Gasteiger partial charge in [-0.25, -0.2) is 0 Å². The number of ketones is 1. The summed E-state index contributed by atoms with van der Waals surface area (Å²) in [5.41, 5.74) is 1.70. The number of carbonyl (C=O) groups excluding carboxylic acids is 1. The molecule has 0 fully saturated rings. The Morgan fingerprint density at radius 2 is 2.17 bits per heavy atom. The Kier molecular flexibility index (Phi) is 3.87. The molecule has 1 heterocycles. The quantitative estimate of drug-likeness (QED) is 0.807. The number of hydrogen-bond donors (Lipinski definition) is 0. The summed E-state index contributed by atoms with van der Waals surface area (Å²) in [6, 6.07) is 7.38. The summed E-state index contributed by atoms with van der Waals surface area (Å²) in [4.78, 5) is 12.1. The second kappa shape index (κ2) is 5.40. The van der Waals surface area contributed by atoms with Crippen LogP contribution in [0.5, 0.6) is 5.75 Å². The molecule has 0 spiro atoms. The molecule has 94 valence electrons. The van der Waals surface area contributed by atoms with Gasteiger partial charge in [-0.1, -0.05) is 15.9 Å². The van der Waals surface area contributed by atoms with Crippen molar-refractivity contribution in [3.8, 4) is 5.75 Å². The Bertz CT molecular complexity index is 572. The SMILES string of the molecule is COc1ccc(Br)cc1CC(=O)c1occc1C. The van der Waals surface area contributed by atoms with E-state index in [9.17, 15) is 4.79 Å². The lowest BCUT2D eigenvalue weighted by Crippen LogP contribution is -2.05. The zero-order valence-corrected chi connectivity index (χ0v) is 11.8. The highest BCUT2D eigenvalue weighted by Crippen LogP contribution is 2.25. The van der Waals surface area contributed by atoms with E-state index >= 15 is 0 Å². The number of furan rings is 1. The summed E-state index contributed by atoms with van der Waals surface area (Å²) >= 11 is 3.39. The molecular weight excluding hydrogens is 296 g/mol. The summed E-state index contributed by atoms with van der Waals surface area (Å²) in [6.45, 7) is 1.86. The van der Waals surface area contributed by atoms with Crippen LogP contribution in [0.2, 0.25) is 0 Å². The molecule has 0 atom stereocenters. The highest BCUT2D eigenvalue weighted by molar-refractivity contribution is 9.10. The number of ether oxygens (including phenoxy) is 1. The predicted octanol–water partition coefficient (Wildman–Crippen LogP) is 3.78. The second-order valence-electron chi connectivity index (χ2n) is 3.99. The molecule has 2 rings (SSSR count). The average Bonchev–Trinajstić information content (AvgIpc) is 2.76. The third-order valence-corrected chi connectivity index (χ3v) is 3.20. The monoisotopic (exact) mass is 308 g/mol. The Morgan fingerprint density at radius 1 is 1.39 bits per heavy atom. The number of carbonyl (C=O) groups is 1. The summed E-state index contributed by atoms with van der Waals surface area (Å²) in [5.74, 6) is 1.07. The van der Waals surface area contributed by atoms with Gasteiger partial charge in [0.25, 0.3) is 0 Å². The molecule has 0 saturated carbocycles. The van der Waals surface area contributed by atoms with Gasteiger partial charge in [0.2, 0.25) is 5.78 Å². The van der Waals surface area contributed by atoms with Crippen molar-refractivity contribution >= 4 is 21.7 Å². The molecule has 1 aromatic heterocycles. The zero-order valence-electron chi connectivity index (χ0n) is 10.2. The van der Waals surface area contributed by atoms with Gasteiger partial charge in [0.15, 0.2) is 5.76 Å². The van der Waals surface area contributed by atoms with Crippen LogP contribution >= 0.6 is 15.9 Å². The van der Waals surface area contributed by atoms with Gasteiger partial charge in [0.1, 0.15) is 5.75 Å². The molecule has 1 aromatic carbocycles. The fraction of sp³-hybridized carbons (Fsp3) is 0.214. The van der Waals surface area contributed by atoms with Crippen molar-refractivity contribution in [1.29, 1.82) is 0 Å². The molecule has 3 nitrogen and oxygen atoms in total. The minimum atomic E-state index is -0.0473. The molecule has 0 aliphatic heterocycles. The average molecular weight is 309 g/mol. The summed E-state index contributed by atoms with van der Waals surface area (Å²) in [5, 5.41) is 0. The van der Waals surface area contributed by atoms with Gasteiger partial charge in [-0.2, -0.15) is 0 Å². The summed E-state index contributed by atoms with van der Waals surface area (Å²) < 4.78 is 11.4. The van der Waals surface area contributed by atoms with Crippen molar-refractivity contribution in [2.24, 2.45) is 0 Å². The van der Waals surface area contributed by atoms with Crippen LogP contribution in [0.1, 0.15) is 21.7 Å². The normalized spacial score (nSPS) is 10.4. The van der Waals surface area contributed by atoms with Crippen molar-refractivity contribution in [2.75, 3.05) is 7.11 Å². The highest BCUT2D eigenvalue weighted by atomic mass is 79.9. The molecule has 2 aromatic rings. The number of hydrogen-bond acceptors (Lipinski definition) is 3. The minimum absolute atomic E-state index is 0.0473. The van der Waals surface area contributed by atoms with Crippen molar-refractivity contribution in [2.45, 2.75) is 13.3 Å². The van der Waals surface area contributed by atoms with Crippen molar-refractivity contribution in [3.63, 3.8) is 0 Å². The molecule has 0 unspecified atom stereocenters. The first-order chi connectivity index (χ1) is 8.61. The topological polar surface area (TPSA) is 39.4 Å². The molecule has 0 radical (unpaired) electrons. The fourth-order valence-electron chi connectivity index (χ4n) is 1.80. The Labute approximate surface area is 114 Å². The third kappa shape index (κ3) is 2.64. The zero-order chi connectivity index (χ0) is 13.1. The Balaban J connectivity index is 2.27. The van der Waals surface area contributed by atoms with Gasteiger partial charge in [-0.15, -0.1) is 0 Å². The van der Waals surface area contributed by atoms with E-state index in [0.717, 1.165) is 15.6 Å². The minimum Gasteiger partial charge on any atom is -0.496 e. The van der Waals surface area contributed by atoms with Gasteiger partial charge in [-0.05, 0) is 36.8 Å². The number of methoxy groups -OCH3 is 1. The second-order valence-corrected chi connectivity index (χ2v) is 4.90. The van der Waals surface area contributed by atoms with E-state index in [2.05, 4.69) is 15.9 Å². The number of benzene rings is 1. The molecule has 0 bridgehead atoms. The van der Waals surface area contributed by atoms with Gasteiger partial charge in [0, 0.05) is 16.5 Å². The first-order valence-corrected chi connectivity index (χ1v) is 6.31. The van der Waals surface area contributed by atoms with E-state index in [1.807, 2.05) is 25.1 Å². The molecular formula is C14H13BrO3. The lowest BCUT2D eigenvalue weighted by atomic mass is 10.0. The highest BCUT2D eigenvalue weighted by Gasteiger charge is 2.15. The number of halogens is 1. The maximum absolute atomic E-state index is 12.1. The lowest BCUT2D eigenvalue weighted by Gasteiger charge is -2.07. The standard InChI is InChI=1S/C14H13BrO3/c1-9-5-6-18-14(9)12(16)8-10-7-11(15)3-4-13(10)17-2/h3-7H,8H2,1-2H3. The van der Waals surface area contributed by atoms with Crippen molar-refractivity contribution in [3.05, 3.63) is 51.9 Å². The molecule has 0 amide bonds. The van der Waals surface area contributed by atoms with Crippen LogP contribution in [0.3, 0.4) is 0 Å². The van der Waals surface area contributed by atoms with E-state index in [1.165, 1.54) is 6.26 Å². The van der Waals surface area contributed by atoms with Crippen LogP contribution in [0.4, 0.5) is 0 Å². The maximum Gasteiger partial charge on any atom is 0.202 e. The number of Topliss-reactive ketones (excluding diaryl/α,β-unsaturated/α-hetero) is 1. The van der Waals surface area contributed by atoms with E-state index in [-0.39, 0.29) is 12.2 Å². The van der Waals surface area contributed by atoms with Gasteiger partial charge in [0.05, 0.1) is 13.4 Å². The maximum atomic E-state index is 12.1. The summed E-state index contributed by atoms with van der Waals surface area (Å²) in [6.07, 6.45) is 1.79. The first-order valence-electron chi connectivity index (χ1n) is 5.51. The molecule has 4 heteroatoms. The largest absolute Gasteiger partial charge is 0.496 e. The molecule has 0 saturated heterocycles. The third-order valence-electron chi connectivity index (χ3n) is 2.71. The van der Waals surface area contributed by atoms with Crippen LogP contribution in [0.15, 0.2) is 39.4 Å². The first kappa shape index (κ1) is 12.9. The van der Waals surface area contributed by atoms with Gasteiger partial charge < -0.3 is 9.15 Å². The summed E-state index contributed by atoms with van der Waals surface area (Å²) in [7, 11) is 1.59. The molecule has 0 aliphatic rings. The fourth-order valence-corrected chi connectivity index (χ4v) is 2.21. The molecule has 18 heavy (non-hydrogen) atoms. The molecule has 0 N–H and O–H groups in total. The van der Waals surface area contributed by atoms with E-state index < -0.39 is 0 Å². The van der Waals surface area contributed by atoms with Crippen LogP contribution < -0.4 is 4.74 Å². The molecule has 0 aliphatic carbocycles. The van der Waals surface area contributed by atoms with Crippen LogP contribution in [-0.4, -0.2) is 12.9 Å². The van der Waals surface area contributed by atoms with Gasteiger partial charge in [-0.3, -0.25) is 4.79 Å². The van der Waals surface area contributed by atoms with Crippen LogP contribution in [0.25, 0.3) is 0 Å². The van der Waals surface area contributed by atoms with E-state index in [0.29, 0.717) is 11.5 Å². The van der Waals surface area contributed by atoms with Crippen LogP contribution in [0, 0.1) is 6.92 Å². The van der Waals surface area contributed by atoms with Crippen molar-refractivity contribution < 1.29 is 13.9 Å². The van der Waals surface area contributed by atoms with Crippen LogP contribution in [-0.2, 0) is 6.42 Å². The Hall–Kier alpha value is -1.55. The lowest BCUT2D eigenvalue weighted by molar-refractivity contribution is 0.0964. The number of aryl methyl sites for hydroxylation is 1. The van der Waals surface area contributed by atoms with E-state index in [4.69, 9.17) is 9.15 Å².